The zero-order valence-electron chi connectivity index (χ0n) is 20.1. The lowest BCUT2D eigenvalue weighted by atomic mass is 10.1. The molecule has 0 unspecified atom stereocenters. The third-order valence-corrected chi connectivity index (χ3v) is 6.18. The van der Waals surface area contributed by atoms with Crippen molar-refractivity contribution in [2.75, 3.05) is 33.2 Å². The average Bonchev–Trinajstić information content (AvgIpc) is 2.88. The topological polar surface area (TPSA) is 87.9 Å². The van der Waals surface area contributed by atoms with Gasteiger partial charge in [-0.15, -0.1) is 0 Å². The second kappa shape index (κ2) is 11.6. The van der Waals surface area contributed by atoms with E-state index < -0.39 is 5.91 Å². The molecule has 1 fully saturated rings. The third-order valence-electron chi connectivity index (χ3n) is 6.18. The Morgan fingerprint density at radius 1 is 0.886 bits per heavy atom. The number of rotatable bonds is 9. The van der Waals surface area contributed by atoms with Crippen molar-refractivity contribution in [3.63, 3.8) is 0 Å². The number of hydrogen-bond donors (Lipinski definition) is 2. The molecule has 1 heterocycles. The van der Waals surface area contributed by atoms with Crippen LogP contribution in [0.2, 0.25) is 0 Å². The molecular formula is C28H32N4O3. The second-order valence-corrected chi connectivity index (χ2v) is 8.93. The number of ether oxygens (including phenoxy) is 1. The average molecular weight is 473 g/mol. The molecule has 3 aromatic carbocycles. The van der Waals surface area contributed by atoms with Crippen molar-refractivity contribution >= 4 is 11.8 Å². The summed E-state index contributed by atoms with van der Waals surface area (Å²) in [5.74, 6) is -0.263. The Hall–Kier alpha value is -3.68. The molecule has 0 atom stereocenters. The molecule has 0 spiro atoms. The summed E-state index contributed by atoms with van der Waals surface area (Å²) in [5.41, 5.74) is 9.46. The van der Waals surface area contributed by atoms with Crippen LogP contribution in [0, 0.1) is 0 Å². The summed E-state index contributed by atoms with van der Waals surface area (Å²) in [5, 5.41) is 3.02. The number of carbonyl (C=O) groups is 2. The molecule has 4 rings (SSSR count). The van der Waals surface area contributed by atoms with Crippen LogP contribution in [0.1, 0.15) is 37.4 Å². The van der Waals surface area contributed by atoms with Gasteiger partial charge in [-0.2, -0.15) is 0 Å². The van der Waals surface area contributed by atoms with Crippen LogP contribution < -0.4 is 15.8 Å². The molecule has 7 heteroatoms. The maximum Gasteiger partial charge on any atom is 0.252 e. The molecule has 0 aromatic heterocycles. The monoisotopic (exact) mass is 472 g/mol. The smallest absolute Gasteiger partial charge is 0.252 e. The van der Waals surface area contributed by atoms with Gasteiger partial charge in [0.05, 0.1) is 5.56 Å². The highest BCUT2D eigenvalue weighted by Crippen LogP contribution is 2.19. The van der Waals surface area contributed by atoms with Gasteiger partial charge >= 0.3 is 0 Å². The number of likely N-dealkylation sites (N-methyl/N-ethyl adjacent to an activating group) is 1. The minimum absolute atomic E-state index is 0.145. The lowest BCUT2D eigenvalue weighted by Gasteiger charge is -2.32. The molecule has 0 aliphatic carbocycles. The first-order chi connectivity index (χ1) is 17.0. The molecule has 3 aromatic rings. The van der Waals surface area contributed by atoms with Gasteiger partial charge in [-0.25, -0.2) is 0 Å². The lowest BCUT2D eigenvalue weighted by Crippen LogP contribution is -2.43. The van der Waals surface area contributed by atoms with Crippen molar-refractivity contribution in [1.29, 1.82) is 0 Å². The van der Waals surface area contributed by atoms with Gasteiger partial charge < -0.3 is 20.7 Å². The van der Waals surface area contributed by atoms with E-state index in [0.29, 0.717) is 23.4 Å². The van der Waals surface area contributed by atoms with Crippen molar-refractivity contribution in [3.05, 3.63) is 101 Å². The fraction of sp³-hybridized carbons (Fsp3) is 0.286. The van der Waals surface area contributed by atoms with Crippen LogP contribution in [0.3, 0.4) is 0 Å². The SMILES string of the molecule is CN1CCN(Cc2cccc(CNC(=O)c3cccc(COc4ccccc4C(N)=O)c3)c2)CC1. The first kappa shape index (κ1) is 24.4. The van der Waals surface area contributed by atoms with E-state index in [1.165, 1.54) is 5.56 Å². The number of para-hydroxylation sites is 1. The van der Waals surface area contributed by atoms with Gasteiger partial charge in [0.1, 0.15) is 12.4 Å². The van der Waals surface area contributed by atoms with Crippen LogP contribution in [-0.2, 0) is 19.7 Å². The zero-order valence-corrected chi connectivity index (χ0v) is 20.1. The molecule has 35 heavy (non-hydrogen) atoms. The molecule has 0 bridgehead atoms. The van der Waals surface area contributed by atoms with Crippen LogP contribution in [0.25, 0.3) is 0 Å². The highest BCUT2D eigenvalue weighted by atomic mass is 16.5. The van der Waals surface area contributed by atoms with Crippen molar-refractivity contribution in [3.8, 4) is 5.75 Å². The predicted molar refractivity (Wildman–Crippen MR) is 136 cm³/mol. The maximum atomic E-state index is 12.8. The fourth-order valence-corrected chi connectivity index (χ4v) is 4.15. The second-order valence-electron chi connectivity index (χ2n) is 8.93. The molecule has 1 aliphatic rings. The van der Waals surface area contributed by atoms with E-state index in [9.17, 15) is 9.59 Å². The van der Waals surface area contributed by atoms with Gasteiger partial charge in [0.2, 0.25) is 0 Å². The minimum Gasteiger partial charge on any atom is -0.488 e. The van der Waals surface area contributed by atoms with Gasteiger partial charge in [0, 0.05) is 44.8 Å². The summed E-state index contributed by atoms with van der Waals surface area (Å²) in [6.07, 6.45) is 0. The minimum atomic E-state index is -0.540. The van der Waals surface area contributed by atoms with Crippen molar-refractivity contribution in [2.24, 2.45) is 5.73 Å². The molecule has 0 radical (unpaired) electrons. The normalized spacial score (nSPS) is 14.4. The van der Waals surface area contributed by atoms with E-state index in [1.54, 1.807) is 36.4 Å². The van der Waals surface area contributed by atoms with E-state index in [4.69, 9.17) is 10.5 Å². The predicted octanol–water partition coefficient (Wildman–Crippen LogP) is 3.04. The number of amides is 2. The summed E-state index contributed by atoms with van der Waals surface area (Å²) in [6.45, 7) is 5.95. The number of benzene rings is 3. The molecule has 1 saturated heterocycles. The van der Waals surface area contributed by atoms with E-state index in [0.717, 1.165) is 43.9 Å². The summed E-state index contributed by atoms with van der Waals surface area (Å²) in [7, 11) is 2.16. The van der Waals surface area contributed by atoms with Crippen LogP contribution in [0.4, 0.5) is 0 Å². The molecular weight excluding hydrogens is 440 g/mol. The van der Waals surface area contributed by atoms with Gasteiger partial charge in [0.25, 0.3) is 11.8 Å². The highest BCUT2D eigenvalue weighted by molar-refractivity contribution is 5.95. The Kier molecular flexibility index (Phi) is 8.13. The van der Waals surface area contributed by atoms with E-state index in [2.05, 4.69) is 40.4 Å². The summed E-state index contributed by atoms with van der Waals surface area (Å²) in [4.78, 5) is 29.2. The van der Waals surface area contributed by atoms with Crippen LogP contribution >= 0.6 is 0 Å². The Balaban J connectivity index is 1.32. The van der Waals surface area contributed by atoms with Gasteiger partial charge in [-0.1, -0.05) is 48.5 Å². The summed E-state index contributed by atoms with van der Waals surface area (Å²) < 4.78 is 5.79. The van der Waals surface area contributed by atoms with Crippen LogP contribution in [0.5, 0.6) is 5.75 Å². The number of nitrogens with one attached hydrogen (secondary N) is 1. The van der Waals surface area contributed by atoms with E-state index in [1.807, 2.05) is 18.2 Å². The molecule has 7 nitrogen and oxygen atoms in total. The van der Waals surface area contributed by atoms with Gasteiger partial charge in [0.15, 0.2) is 0 Å². The van der Waals surface area contributed by atoms with Crippen molar-refractivity contribution < 1.29 is 14.3 Å². The van der Waals surface area contributed by atoms with Gasteiger partial charge in [-0.05, 0) is 48.0 Å². The Morgan fingerprint density at radius 2 is 1.60 bits per heavy atom. The molecule has 3 N–H and O–H groups in total. The van der Waals surface area contributed by atoms with Gasteiger partial charge in [-0.3, -0.25) is 14.5 Å². The largest absolute Gasteiger partial charge is 0.488 e. The number of nitrogens with two attached hydrogens (primary N) is 1. The van der Waals surface area contributed by atoms with Crippen molar-refractivity contribution in [2.45, 2.75) is 19.7 Å². The molecule has 0 saturated carbocycles. The standard InChI is InChI=1S/C28H32N4O3/c1-31-12-14-32(15-13-31)19-22-7-4-6-21(16-22)18-30-28(34)24-9-5-8-23(17-24)20-35-26-11-3-2-10-25(26)27(29)33/h2-11,16-17H,12-15,18-20H2,1H3,(H2,29,33)(H,30,34). The Morgan fingerprint density at radius 3 is 2.40 bits per heavy atom. The highest BCUT2D eigenvalue weighted by Gasteiger charge is 2.14. The quantitative estimate of drug-likeness (QED) is 0.500. The number of hydrogen-bond acceptors (Lipinski definition) is 5. The number of carbonyl (C=O) groups excluding carboxylic acids is 2. The number of nitrogens with zero attached hydrogens (tertiary/aromatic N) is 2. The molecule has 2 amide bonds. The zero-order chi connectivity index (χ0) is 24.6. The number of piperazine rings is 1. The molecule has 182 valence electrons. The summed E-state index contributed by atoms with van der Waals surface area (Å²) >= 11 is 0. The lowest BCUT2D eigenvalue weighted by molar-refractivity contribution is 0.0949. The Labute approximate surface area is 206 Å². The fourth-order valence-electron chi connectivity index (χ4n) is 4.15. The van der Waals surface area contributed by atoms with Crippen LogP contribution in [0.15, 0.2) is 72.8 Å². The van der Waals surface area contributed by atoms with Crippen LogP contribution in [-0.4, -0.2) is 54.8 Å². The first-order valence-electron chi connectivity index (χ1n) is 11.9. The number of primary amides is 1. The van der Waals surface area contributed by atoms with E-state index in [-0.39, 0.29) is 12.5 Å². The first-order valence-corrected chi connectivity index (χ1v) is 11.9. The summed E-state index contributed by atoms with van der Waals surface area (Å²) in [6, 6.07) is 22.5. The third kappa shape index (κ3) is 6.91. The van der Waals surface area contributed by atoms with E-state index >= 15 is 0 Å². The maximum absolute atomic E-state index is 12.8. The Bertz CT molecular complexity index is 1170. The molecule has 1 aliphatic heterocycles. The van der Waals surface area contributed by atoms with Crippen molar-refractivity contribution in [1.82, 2.24) is 15.1 Å².